The van der Waals surface area contributed by atoms with E-state index in [0.717, 1.165) is 0 Å². The van der Waals surface area contributed by atoms with Crippen molar-refractivity contribution < 1.29 is 14.3 Å². The molecule has 0 saturated heterocycles. The molecule has 4 nitrogen and oxygen atoms in total. The molecule has 0 saturated carbocycles. The molecule has 0 fully saturated rings. The largest absolute Gasteiger partial charge is 0.468 e. The molecule has 1 aromatic rings. The highest BCUT2D eigenvalue weighted by molar-refractivity contribution is 9.10. The molecule has 1 amide bonds. The van der Waals surface area contributed by atoms with Gasteiger partial charge in [0.1, 0.15) is 4.83 Å². The van der Waals surface area contributed by atoms with E-state index in [1.54, 1.807) is 18.2 Å². The monoisotopic (exact) mass is 353 g/mol. The molecule has 0 heterocycles. The number of nitrogens with one attached hydrogen (secondary N) is 1. The fourth-order valence-corrected chi connectivity index (χ4v) is 1.90. The predicted octanol–water partition coefficient (Wildman–Crippen LogP) is 2.66. The van der Waals surface area contributed by atoms with E-state index in [-0.39, 0.29) is 17.1 Å². The van der Waals surface area contributed by atoms with Crippen LogP contribution in [0.4, 0.5) is 0 Å². The van der Waals surface area contributed by atoms with Crippen molar-refractivity contribution >= 4 is 51.0 Å². The highest BCUT2D eigenvalue weighted by Gasteiger charge is 2.18. The number of hydrogen-bond donors (Lipinski definition) is 1. The summed E-state index contributed by atoms with van der Waals surface area (Å²) in [6.45, 7) is 0.0916. The average Bonchev–Trinajstić information content (AvgIpc) is 2.37. The number of alkyl halides is 1. The first-order valence-electron chi connectivity index (χ1n) is 4.91. The summed E-state index contributed by atoms with van der Waals surface area (Å²) in [4.78, 5) is 22.3. The Morgan fingerprint density at radius 3 is 2.72 bits per heavy atom. The Morgan fingerprint density at radius 1 is 1.44 bits per heavy atom. The van der Waals surface area contributed by atoms with Crippen molar-refractivity contribution in [1.29, 1.82) is 0 Å². The number of halogens is 3. The maximum Gasteiger partial charge on any atom is 0.321 e. The zero-order valence-corrected chi connectivity index (χ0v) is 12.5. The van der Waals surface area contributed by atoms with Crippen molar-refractivity contribution in [2.45, 2.75) is 4.83 Å². The molecule has 1 rings (SSSR count). The van der Waals surface area contributed by atoms with Gasteiger partial charge in [-0.3, -0.25) is 9.59 Å². The molecule has 0 spiro atoms. The van der Waals surface area contributed by atoms with E-state index in [9.17, 15) is 9.59 Å². The molecule has 1 N–H and O–H groups in total. The molecule has 1 aromatic carbocycles. The number of amides is 1. The van der Waals surface area contributed by atoms with Crippen LogP contribution in [-0.4, -0.2) is 30.4 Å². The van der Waals surface area contributed by atoms with Gasteiger partial charge in [-0.15, -0.1) is 0 Å². The maximum atomic E-state index is 11.8. The molecule has 0 bridgehead atoms. The van der Waals surface area contributed by atoms with Gasteiger partial charge >= 0.3 is 5.97 Å². The molecule has 18 heavy (non-hydrogen) atoms. The van der Waals surface area contributed by atoms with Crippen molar-refractivity contribution in [1.82, 2.24) is 5.32 Å². The van der Waals surface area contributed by atoms with Crippen LogP contribution in [0.1, 0.15) is 10.4 Å². The Balaban J connectivity index is 2.66. The van der Waals surface area contributed by atoms with Crippen LogP contribution in [0.25, 0.3) is 0 Å². The van der Waals surface area contributed by atoms with Gasteiger partial charge in [-0.2, -0.15) is 0 Å². The second kappa shape index (κ2) is 6.97. The highest BCUT2D eigenvalue weighted by Crippen LogP contribution is 2.25. The van der Waals surface area contributed by atoms with E-state index < -0.39 is 16.7 Å². The van der Waals surface area contributed by atoms with E-state index in [1.165, 1.54) is 7.11 Å². The standard InChI is InChI=1S/C11H10BrCl2NO3/c1-18-11(17)7(12)5-15-10(16)6-3-2-4-8(13)9(6)14/h2-4,7H,5H2,1H3,(H,15,16). The third-order valence-corrected chi connectivity index (χ3v) is 3.61. The summed E-state index contributed by atoms with van der Waals surface area (Å²) in [5, 5.41) is 3.03. The summed E-state index contributed by atoms with van der Waals surface area (Å²) in [7, 11) is 1.27. The fourth-order valence-electron chi connectivity index (χ4n) is 1.17. The Bertz CT molecular complexity index is 468. The van der Waals surface area contributed by atoms with Gasteiger partial charge in [-0.25, -0.2) is 0 Å². The van der Waals surface area contributed by atoms with Gasteiger partial charge in [-0.05, 0) is 12.1 Å². The minimum Gasteiger partial charge on any atom is -0.468 e. The molecule has 0 aliphatic heterocycles. The van der Waals surface area contributed by atoms with Crippen LogP contribution in [0.15, 0.2) is 18.2 Å². The molecule has 0 aliphatic carbocycles. The summed E-state index contributed by atoms with van der Waals surface area (Å²) in [6.07, 6.45) is 0. The number of ether oxygens (including phenoxy) is 1. The second-order valence-electron chi connectivity index (χ2n) is 3.30. The summed E-state index contributed by atoms with van der Waals surface area (Å²) in [6, 6.07) is 4.75. The highest BCUT2D eigenvalue weighted by atomic mass is 79.9. The lowest BCUT2D eigenvalue weighted by Gasteiger charge is -2.10. The van der Waals surface area contributed by atoms with Gasteiger partial charge in [0.2, 0.25) is 0 Å². The molecule has 98 valence electrons. The minimum atomic E-state index is -0.607. The molecule has 0 aliphatic rings. The van der Waals surface area contributed by atoms with Gasteiger partial charge in [0.15, 0.2) is 0 Å². The van der Waals surface area contributed by atoms with Crippen LogP contribution in [0.5, 0.6) is 0 Å². The average molecular weight is 355 g/mol. The fraction of sp³-hybridized carbons (Fsp3) is 0.273. The lowest BCUT2D eigenvalue weighted by atomic mass is 10.2. The second-order valence-corrected chi connectivity index (χ2v) is 5.19. The molecule has 0 radical (unpaired) electrons. The van der Waals surface area contributed by atoms with Gasteiger partial charge in [0, 0.05) is 6.54 Å². The first-order chi connectivity index (χ1) is 8.47. The Labute approximate surface area is 123 Å². The number of esters is 1. The number of methoxy groups -OCH3 is 1. The summed E-state index contributed by atoms with van der Waals surface area (Å²) in [5.74, 6) is -0.872. The van der Waals surface area contributed by atoms with Crippen LogP contribution in [-0.2, 0) is 9.53 Å². The van der Waals surface area contributed by atoms with Crippen molar-refractivity contribution in [3.63, 3.8) is 0 Å². The smallest absolute Gasteiger partial charge is 0.321 e. The van der Waals surface area contributed by atoms with E-state index in [0.29, 0.717) is 5.02 Å². The maximum absolute atomic E-state index is 11.8. The number of rotatable bonds is 4. The number of hydrogen-bond acceptors (Lipinski definition) is 3. The first kappa shape index (κ1) is 15.3. The minimum absolute atomic E-state index is 0.0916. The van der Waals surface area contributed by atoms with Crippen molar-refractivity contribution in [2.24, 2.45) is 0 Å². The van der Waals surface area contributed by atoms with E-state index in [1.807, 2.05) is 0 Å². The topological polar surface area (TPSA) is 55.4 Å². The summed E-state index contributed by atoms with van der Waals surface area (Å²) < 4.78 is 4.51. The van der Waals surface area contributed by atoms with Crippen molar-refractivity contribution in [3.05, 3.63) is 33.8 Å². The Morgan fingerprint density at radius 2 is 2.11 bits per heavy atom. The molecular formula is C11H10BrCl2NO3. The predicted molar refractivity (Wildman–Crippen MR) is 73.5 cm³/mol. The van der Waals surface area contributed by atoms with Crippen molar-refractivity contribution in [2.75, 3.05) is 13.7 Å². The summed E-state index contributed by atoms with van der Waals surface area (Å²) >= 11 is 14.8. The molecular weight excluding hydrogens is 345 g/mol. The van der Waals surface area contributed by atoms with Crippen molar-refractivity contribution in [3.8, 4) is 0 Å². The zero-order chi connectivity index (χ0) is 13.7. The van der Waals surface area contributed by atoms with E-state index in [2.05, 4.69) is 26.0 Å². The summed E-state index contributed by atoms with van der Waals surface area (Å²) in [5.41, 5.74) is 0.258. The van der Waals surface area contributed by atoms with Gasteiger partial charge in [-0.1, -0.05) is 45.2 Å². The molecule has 0 aromatic heterocycles. The third kappa shape index (κ3) is 3.86. The third-order valence-electron chi connectivity index (χ3n) is 2.09. The normalized spacial score (nSPS) is 11.8. The van der Waals surface area contributed by atoms with E-state index in [4.69, 9.17) is 23.2 Å². The number of benzene rings is 1. The van der Waals surface area contributed by atoms with Crippen LogP contribution in [0.2, 0.25) is 10.0 Å². The quantitative estimate of drug-likeness (QED) is 0.668. The SMILES string of the molecule is COC(=O)C(Br)CNC(=O)c1cccc(Cl)c1Cl. The Kier molecular flexibility index (Phi) is 5.91. The number of carbonyl (C=O) groups excluding carboxylic acids is 2. The number of carbonyl (C=O) groups is 2. The van der Waals surface area contributed by atoms with Crippen LogP contribution >= 0.6 is 39.1 Å². The van der Waals surface area contributed by atoms with Gasteiger partial charge in [0.05, 0.1) is 22.7 Å². The Hall–Kier alpha value is -0.780. The molecule has 1 unspecified atom stereocenters. The van der Waals surface area contributed by atoms with Crippen LogP contribution in [0.3, 0.4) is 0 Å². The van der Waals surface area contributed by atoms with Crippen LogP contribution < -0.4 is 5.32 Å². The lowest BCUT2D eigenvalue weighted by Crippen LogP contribution is -2.34. The zero-order valence-electron chi connectivity index (χ0n) is 9.38. The van der Waals surface area contributed by atoms with Gasteiger partial charge < -0.3 is 10.1 Å². The van der Waals surface area contributed by atoms with Gasteiger partial charge in [0.25, 0.3) is 5.91 Å². The first-order valence-corrected chi connectivity index (χ1v) is 6.58. The molecule has 1 atom stereocenters. The molecule has 7 heteroatoms. The van der Waals surface area contributed by atoms with E-state index >= 15 is 0 Å². The lowest BCUT2D eigenvalue weighted by molar-refractivity contribution is -0.139. The van der Waals surface area contributed by atoms with Crippen LogP contribution in [0, 0.1) is 0 Å².